The average molecular weight is 480 g/mol. The van der Waals surface area contributed by atoms with Gasteiger partial charge in [-0.1, -0.05) is 48.5 Å². The van der Waals surface area contributed by atoms with Gasteiger partial charge in [0.15, 0.2) is 0 Å². The molecule has 7 nitrogen and oxygen atoms in total. The van der Waals surface area contributed by atoms with E-state index in [0.717, 1.165) is 40.5 Å². The van der Waals surface area contributed by atoms with Crippen LogP contribution in [0.5, 0.6) is 0 Å². The van der Waals surface area contributed by atoms with E-state index in [2.05, 4.69) is 10.6 Å². The summed E-state index contributed by atoms with van der Waals surface area (Å²) in [6, 6.07) is 16.7. The number of carboxylic acids is 1. The smallest absolute Gasteiger partial charge is 0.407 e. The maximum atomic E-state index is 13.9. The molecule has 0 saturated heterocycles. The summed E-state index contributed by atoms with van der Waals surface area (Å²) < 4.78 is 32.8. The molecular weight excluding hydrogens is 458 g/mol. The Labute approximate surface area is 199 Å². The van der Waals surface area contributed by atoms with Gasteiger partial charge in [-0.3, -0.25) is 9.59 Å². The third kappa shape index (κ3) is 5.46. The summed E-state index contributed by atoms with van der Waals surface area (Å²) in [7, 11) is 0. The first-order valence-corrected chi connectivity index (χ1v) is 10.9. The van der Waals surface area contributed by atoms with Crippen LogP contribution in [0.2, 0.25) is 0 Å². The van der Waals surface area contributed by atoms with Gasteiger partial charge in [0.2, 0.25) is 5.91 Å². The van der Waals surface area contributed by atoms with Gasteiger partial charge in [-0.15, -0.1) is 0 Å². The molecule has 1 unspecified atom stereocenters. The first-order valence-electron chi connectivity index (χ1n) is 10.9. The van der Waals surface area contributed by atoms with Crippen LogP contribution in [0.25, 0.3) is 11.1 Å². The lowest BCUT2D eigenvalue weighted by Crippen LogP contribution is -2.44. The van der Waals surface area contributed by atoms with Gasteiger partial charge in [-0.2, -0.15) is 0 Å². The number of ether oxygens (including phenoxy) is 1. The van der Waals surface area contributed by atoms with Gasteiger partial charge in [0.05, 0.1) is 5.69 Å². The number of amides is 2. The zero-order valence-electron chi connectivity index (χ0n) is 18.5. The first kappa shape index (κ1) is 23.9. The monoisotopic (exact) mass is 480 g/mol. The highest BCUT2D eigenvalue weighted by Gasteiger charge is 2.30. The quantitative estimate of drug-likeness (QED) is 0.435. The number of hydrogen-bond acceptors (Lipinski definition) is 4. The van der Waals surface area contributed by atoms with Crippen molar-refractivity contribution in [2.24, 2.45) is 0 Å². The Morgan fingerprint density at radius 3 is 2.20 bits per heavy atom. The second-order valence-corrected chi connectivity index (χ2v) is 8.07. The van der Waals surface area contributed by atoms with Crippen molar-refractivity contribution in [3.05, 3.63) is 89.5 Å². The molecule has 0 bridgehead atoms. The lowest BCUT2D eigenvalue weighted by molar-refractivity contribution is -0.137. The standard InChI is InChI=1S/C26H22F2N2O5/c27-15-9-10-21(28)23(13-15)29-25(33)22(11-12-24(31)32)30-26(34)35-14-20-18-7-3-1-5-16(18)17-6-2-4-8-19(17)20/h1-10,13,20,22H,11-12,14H2,(H,29,33)(H,30,34)(H,31,32). The number of fused-ring (bicyclic) bond motifs is 3. The van der Waals surface area contributed by atoms with Crippen molar-refractivity contribution in [1.82, 2.24) is 5.32 Å². The van der Waals surface area contributed by atoms with Crippen LogP contribution in [-0.2, 0) is 14.3 Å². The summed E-state index contributed by atoms with van der Waals surface area (Å²) >= 11 is 0. The SMILES string of the molecule is O=C(O)CCC(NC(=O)OCC1c2ccccc2-c2ccccc21)C(=O)Nc1cc(F)ccc1F. The van der Waals surface area contributed by atoms with Gasteiger partial charge < -0.3 is 20.5 Å². The van der Waals surface area contributed by atoms with Crippen LogP contribution in [0.4, 0.5) is 19.3 Å². The van der Waals surface area contributed by atoms with Crippen LogP contribution in [-0.4, -0.2) is 35.7 Å². The van der Waals surface area contributed by atoms with Gasteiger partial charge in [0.25, 0.3) is 0 Å². The van der Waals surface area contributed by atoms with E-state index in [-0.39, 0.29) is 18.9 Å². The zero-order valence-corrected chi connectivity index (χ0v) is 18.5. The molecule has 3 aromatic rings. The first-order chi connectivity index (χ1) is 16.8. The zero-order chi connectivity index (χ0) is 24.9. The van der Waals surface area contributed by atoms with Crippen LogP contribution in [0, 0.1) is 11.6 Å². The Bertz CT molecular complexity index is 1230. The minimum absolute atomic E-state index is 0.00828. The largest absolute Gasteiger partial charge is 0.481 e. The molecule has 180 valence electrons. The molecule has 35 heavy (non-hydrogen) atoms. The molecular formula is C26H22F2N2O5. The van der Waals surface area contributed by atoms with E-state index in [1.54, 1.807) is 0 Å². The molecule has 0 spiro atoms. The number of rotatable bonds is 8. The molecule has 0 radical (unpaired) electrons. The Hall–Kier alpha value is -4.27. The number of carboxylic acid groups (broad SMARTS) is 1. The second-order valence-electron chi connectivity index (χ2n) is 8.07. The van der Waals surface area contributed by atoms with Crippen LogP contribution < -0.4 is 10.6 Å². The van der Waals surface area contributed by atoms with Crippen LogP contribution in [0.15, 0.2) is 66.7 Å². The minimum atomic E-state index is -1.34. The summed E-state index contributed by atoms with van der Waals surface area (Å²) in [5, 5.41) is 13.5. The fourth-order valence-corrected chi connectivity index (χ4v) is 4.13. The number of halogens is 2. The number of alkyl carbamates (subject to hydrolysis) is 1. The normalized spacial score (nSPS) is 12.9. The predicted octanol–water partition coefficient (Wildman–Crippen LogP) is 4.68. The Kier molecular flexibility index (Phi) is 7.05. The van der Waals surface area contributed by atoms with Crippen molar-refractivity contribution < 1.29 is 33.0 Å². The Morgan fingerprint density at radius 2 is 1.57 bits per heavy atom. The molecule has 0 aliphatic heterocycles. The molecule has 1 aliphatic rings. The summed E-state index contributed by atoms with van der Waals surface area (Å²) in [6.07, 6.45) is -1.65. The lowest BCUT2D eigenvalue weighted by atomic mass is 9.98. The highest BCUT2D eigenvalue weighted by Crippen LogP contribution is 2.44. The molecule has 3 aromatic carbocycles. The van der Waals surface area contributed by atoms with Gasteiger partial charge in [0.1, 0.15) is 24.3 Å². The predicted molar refractivity (Wildman–Crippen MR) is 124 cm³/mol. The third-order valence-electron chi connectivity index (χ3n) is 5.79. The van der Waals surface area contributed by atoms with Crippen LogP contribution in [0.3, 0.4) is 0 Å². The molecule has 0 saturated carbocycles. The van der Waals surface area contributed by atoms with Crippen molar-refractivity contribution in [2.45, 2.75) is 24.8 Å². The number of aliphatic carboxylic acids is 1. The van der Waals surface area contributed by atoms with Crippen LogP contribution in [0.1, 0.15) is 29.9 Å². The van der Waals surface area contributed by atoms with Gasteiger partial charge in [-0.25, -0.2) is 13.6 Å². The fourth-order valence-electron chi connectivity index (χ4n) is 4.13. The highest BCUT2D eigenvalue weighted by atomic mass is 19.1. The van der Waals surface area contributed by atoms with E-state index in [1.807, 2.05) is 48.5 Å². The topological polar surface area (TPSA) is 105 Å². The molecule has 1 atom stereocenters. The maximum Gasteiger partial charge on any atom is 0.407 e. The molecule has 2 amide bonds. The Morgan fingerprint density at radius 1 is 0.943 bits per heavy atom. The van der Waals surface area contributed by atoms with Gasteiger partial charge in [-0.05, 0) is 40.8 Å². The number of nitrogens with one attached hydrogen (secondary N) is 2. The molecule has 0 heterocycles. The molecule has 0 aromatic heterocycles. The van der Waals surface area contributed by atoms with Crippen molar-refractivity contribution in [3.63, 3.8) is 0 Å². The molecule has 4 rings (SSSR count). The lowest BCUT2D eigenvalue weighted by Gasteiger charge is -2.19. The second kappa shape index (κ2) is 10.3. The van der Waals surface area contributed by atoms with E-state index >= 15 is 0 Å². The molecule has 3 N–H and O–H groups in total. The van der Waals surface area contributed by atoms with Crippen molar-refractivity contribution in [3.8, 4) is 11.1 Å². The maximum absolute atomic E-state index is 13.9. The fraction of sp³-hybridized carbons (Fsp3) is 0.192. The van der Waals surface area contributed by atoms with E-state index in [4.69, 9.17) is 9.84 Å². The van der Waals surface area contributed by atoms with E-state index in [0.29, 0.717) is 0 Å². The summed E-state index contributed by atoms with van der Waals surface area (Å²) in [6.45, 7) is -0.00828. The van der Waals surface area contributed by atoms with Crippen LogP contribution >= 0.6 is 0 Å². The minimum Gasteiger partial charge on any atom is -0.481 e. The van der Waals surface area contributed by atoms with Crippen molar-refractivity contribution in [2.75, 3.05) is 11.9 Å². The summed E-state index contributed by atoms with van der Waals surface area (Å²) in [5.74, 6) is -3.94. The number of benzene rings is 3. The highest BCUT2D eigenvalue weighted by molar-refractivity contribution is 5.96. The summed E-state index contributed by atoms with van der Waals surface area (Å²) in [4.78, 5) is 36.2. The molecule has 9 heteroatoms. The van der Waals surface area contributed by atoms with E-state index < -0.39 is 47.8 Å². The van der Waals surface area contributed by atoms with E-state index in [9.17, 15) is 23.2 Å². The van der Waals surface area contributed by atoms with Gasteiger partial charge in [0, 0.05) is 18.4 Å². The Balaban J connectivity index is 1.44. The molecule has 1 aliphatic carbocycles. The average Bonchev–Trinajstić information content (AvgIpc) is 3.16. The van der Waals surface area contributed by atoms with Crippen molar-refractivity contribution >= 4 is 23.7 Å². The van der Waals surface area contributed by atoms with E-state index in [1.165, 1.54) is 0 Å². The third-order valence-corrected chi connectivity index (χ3v) is 5.79. The number of carbonyl (C=O) groups is 3. The number of hydrogen-bond donors (Lipinski definition) is 3. The van der Waals surface area contributed by atoms with Gasteiger partial charge >= 0.3 is 12.1 Å². The van der Waals surface area contributed by atoms with Crippen molar-refractivity contribution in [1.29, 1.82) is 0 Å². The summed E-state index contributed by atoms with van der Waals surface area (Å²) in [5.41, 5.74) is 3.68. The molecule has 0 fully saturated rings. The number of carbonyl (C=O) groups excluding carboxylic acids is 2. The number of anilines is 1.